The molecular weight excluding hydrogens is 224 g/mol. The summed E-state index contributed by atoms with van der Waals surface area (Å²) in [6.45, 7) is -0.0185. The van der Waals surface area contributed by atoms with Gasteiger partial charge in [-0.3, -0.25) is 0 Å². The fourth-order valence-corrected chi connectivity index (χ4v) is 2.35. The molecule has 1 saturated carbocycles. The zero-order chi connectivity index (χ0) is 12.3. The van der Waals surface area contributed by atoms with Crippen molar-refractivity contribution < 1.29 is 10.0 Å². The quantitative estimate of drug-likeness (QED) is 0.545. The first kappa shape index (κ1) is 11.8. The Kier molecular flexibility index (Phi) is 3.28. The number of nitro groups is 1. The molecule has 1 aromatic rings. The first-order chi connectivity index (χ1) is 8.17. The van der Waals surface area contributed by atoms with Gasteiger partial charge < -0.3 is 20.5 Å². The average molecular weight is 240 g/mol. The van der Waals surface area contributed by atoms with E-state index in [-0.39, 0.29) is 12.4 Å². The SMILES string of the molecule is O=[N+]([O-])c1[nH]ncc1NC1(CO)CCCCC1. The minimum atomic E-state index is -0.511. The van der Waals surface area contributed by atoms with E-state index in [1.54, 1.807) is 0 Å². The van der Waals surface area contributed by atoms with Crippen LogP contribution in [0.5, 0.6) is 0 Å². The lowest BCUT2D eigenvalue weighted by Crippen LogP contribution is -2.43. The molecule has 0 unspecified atom stereocenters. The summed E-state index contributed by atoms with van der Waals surface area (Å²) < 4.78 is 0. The van der Waals surface area contributed by atoms with E-state index in [0.717, 1.165) is 32.1 Å². The third-order valence-corrected chi connectivity index (χ3v) is 3.31. The average Bonchev–Trinajstić information content (AvgIpc) is 2.78. The number of anilines is 1. The van der Waals surface area contributed by atoms with Gasteiger partial charge in [0.15, 0.2) is 5.69 Å². The molecular formula is C10H16N4O3. The lowest BCUT2D eigenvalue weighted by molar-refractivity contribution is -0.388. The molecule has 1 heterocycles. The van der Waals surface area contributed by atoms with Crippen LogP contribution < -0.4 is 5.32 Å². The lowest BCUT2D eigenvalue weighted by atomic mass is 9.82. The smallest absolute Gasteiger partial charge is 0.366 e. The molecule has 1 fully saturated rings. The van der Waals surface area contributed by atoms with E-state index in [9.17, 15) is 15.2 Å². The summed E-state index contributed by atoms with van der Waals surface area (Å²) in [4.78, 5) is 10.2. The molecule has 0 aliphatic heterocycles. The highest BCUT2D eigenvalue weighted by atomic mass is 16.6. The van der Waals surface area contributed by atoms with E-state index in [1.807, 2.05) is 0 Å². The van der Waals surface area contributed by atoms with E-state index < -0.39 is 10.5 Å². The summed E-state index contributed by atoms with van der Waals surface area (Å²) in [5.74, 6) is -0.150. The Bertz CT molecular complexity index is 398. The number of aromatic amines is 1. The molecule has 0 amide bonds. The van der Waals surface area contributed by atoms with Crippen molar-refractivity contribution in [1.29, 1.82) is 0 Å². The van der Waals surface area contributed by atoms with Gasteiger partial charge in [0.25, 0.3) is 0 Å². The van der Waals surface area contributed by atoms with Gasteiger partial charge in [-0.2, -0.15) is 0 Å². The molecule has 0 atom stereocenters. The van der Waals surface area contributed by atoms with E-state index in [1.165, 1.54) is 6.20 Å². The van der Waals surface area contributed by atoms with Crippen LogP contribution in [0, 0.1) is 10.1 Å². The topological polar surface area (TPSA) is 104 Å². The van der Waals surface area contributed by atoms with Gasteiger partial charge >= 0.3 is 5.82 Å². The highest BCUT2D eigenvalue weighted by Gasteiger charge is 2.33. The van der Waals surface area contributed by atoms with Gasteiger partial charge in [-0.15, -0.1) is 5.10 Å². The highest BCUT2D eigenvalue weighted by molar-refractivity contribution is 5.57. The highest BCUT2D eigenvalue weighted by Crippen LogP contribution is 2.33. The maximum Gasteiger partial charge on any atom is 0.366 e. The van der Waals surface area contributed by atoms with Crippen LogP contribution >= 0.6 is 0 Å². The van der Waals surface area contributed by atoms with Crippen molar-refractivity contribution in [2.24, 2.45) is 0 Å². The number of hydrogen-bond acceptors (Lipinski definition) is 5. The summed E-state index contributed by atoms with van der Waals surface area (Å²) >= 11 is 0. The van der Waals surface area contributed by atoms with Crippen molar-refractivity contribution in [2.45, 2.75) is 37.6 Å². The molecule has 2 rings (SSSR count). The number of aromatic nitrogens is 2. The zero-order valence-electron chi connectivity index (χ0n) is 9.48. The number of hydrogen-bond donors (Lipinski definition) is 3. The standard InChI is InChI=1S/C10H16N4O3/c15-7-10(4-2-1-3-5-10)12-8-6-11-13-9(8)14(16)17/h6,12,15H,1-5,7H2,(H,11,13). The van der Waals surface area contributed by atoms with Crippen molar-refractivity contribution in [3.63, 3.8) is 0 Å². The molecule has 94 valence electrons. The van der Waals surface area contributed by atoms with Crippen LogP contribution in [0.3, 0.4) is 0 Å². The third-order valence-electron chi connectivity index (χ3n) is 3.31. The zero-order valence-corrected chi connectivity index (χ0v) is 9.48. The van der Waals surface area contributed by atoms with Crippen LogP contribution in [0.4, 0.5) is 11.5 Å². The minimum absolute atomic E-state index is 0.0185. The normalized spacial score (nSPS) is 18.9. The number of aliphatic hydroxyl groups excluding tert-OH is 1. The number of rotatable bonds is 4. The Morgan fingerprint density at radius 2 is 2.24 bits per heavy atom. The van der Waals surface area contributed by atoms with Crippen molar-refractivity contribution in [3.05, 3.63) is 16.3 Å². The van der Waals surface area contributed by atoms with E-state index in [2.05, 4.69) is 15.5 Å². The maximum atomic E-state index is 10.7. The second-order valence-corrected chi connectivity index (χ2v) is 4.51. The molecule has 1 aliphatic rings. The van der Waals surface area contributed by atoms with Gasteiger partial charge in [-0.25, -0.2) is 0 Å². The van der Waals surface area contributed by atoms with E-state index in [4.69, 9.17) is 0 Å². The number of nitrogens with one attached hydrogen (secondary N) is 2. The van der Waals surface area contributed by atoms with Crippen molar-refractivity contribution in [1.82, 2.24) is 10.2 Å². The number of nitrogens with zero attached hydrogens (tertiary/aromatic N) is 2. The monoisotopic (exact) mass is 240 g/mol. The molecule has 17 heavy (non-hydrogen) atoms. The van der Waals surface area contributed by atoms with Crippen LogP contribution in [0.25, 0.3) is 0 Å². The maximum absolute atomic E-state index is 10.7. The second kappa shape index (κ2) is 4.70. The van der Waals surface area contributed by atoms with Crippen LogP contribution in [0.2, 0.25) is 0 Å². The summed E-state index contributed by atoms with van der Waals surface area (Å²) in [5, 5.41) is 29.4. The Hall–Kier alpha value is -1.63. The van der Waals surface area contributed by atoms with Gasteiger partial charge in [0.05, 0.1) is 12.1 Å². The summed E-state index contributed by atoms with van der Waals surface area (Å²) in [7, 11) is 0. The minimum Gasteiger partial charge on any atom is -0.394 e. The third kappa shape index (κ3) is 2.38. The van der Waals surface area contributed by atoms with Crippen molar-refractivity contribution in [2.75, 3.05) is 11.9 Å². The molecule has 0 radical (unpaired) electrons. The van der Waals surface area contributed by atoms with Crippen LogP contribution in [0.15, 0.2) is 6.20 Å². The number of aliphatic hydroxyl groups is 1. The van der Waals surface area contributed by atoms with E-state index >= 15 is 0 Å². The molecule has 7 nitrogen and oxygen atoms in total. The molecule has 0 saturated heterocycles. The summed E-state index contributed by atoms with van der Waals surface area (Å²) in [6, 6.07) is 0. The fourth-order valence-electron chi connectivity index (χ4n) is 2.35. The van der Waals surface area contributed by atoms with Gasteiger partial charge in [-0.05, 0) is 17.8 Å². The summed E-state index contributed by atoms with van der Waals surface area (Å²) in [5.41, 5.74) is -0.0849. The van der Waals surface area contributed by atoms with Gasteiger partial charge in [0.2, 0.25) is 0 Å². The van der Waals surface area contributed by atoms with E-state index in [0.29, 0.717) is 5.69 Å². The fraction of sp³-hybridized carbons (Fsp3) is 0.700. The molecule has 0 aromatic carbocycles. The molecule has 0 bridgehead atoms. The van der Waals surface area contributed by atoms with Gasteiger partial charge in [-0.1, -0.05) is 24.4 Å². The van der Waals surface area contributed by atoms with Crippen molar-refractivity contribution >= 4 is 11.5 Å². The Morgan fingerprint density at radius 1 is 1.53 bits per heavy atom. The first-order valence-corrected chi connectivity index (χ1v) is 5.74. The molecule has 1 aromatic heterocycles. The van der Waals surface area contributed by atoms with Crippen LogP contribution in [0.1, 0.15) is 32.1 Å². The Labute approximate surface area is 98.4 Å². The largest absolute Gasteiger partial charge is 0.394 e. The molecule has 0 spiro atoms. The Balaban J connectivity index is 2.17. The van der Waals surface area contributed by atoms with Crippen LogP contribution in [-0.4, -0.2) is 32.4 Å². The first-order valence-electron chi connectivity index (χ1n) is 5.74. The van der Waals surface area contributed by atoms with Gasteiger partial charge in [0, 0.05) is 0 Å². The molecule has 7 heteroatoms. The predicted molar refractivity (Wildman–Crippen MR) is 61.8 cm³/mol. The van der Waals surface area contributed by atoms with Crippen LogP contribution in [-0.2, 0) is 0 Å². The summed E-state index contributed by atoms with van der Waals surface area (Å²) in [6.07, 6.45) is 6.25. The predicted octanol–water partition coefficient (Wildman–Crippen LogP) is 1.42. The molecule has 3 N–H and O–H groups in total. The van der Waals surface area contributed by atoms with Gasteiger partial charge in [0.1, 0.15) is 6.20 Å². The second-order valence-electron chi connectivity index (χ2n) is 4.51. The van der Waals surface area contributed by atoms with Crippen molar-refractivity contribution in [3.8, 4) is 0 Å². The Morgan fingerprint density at radius 3 is 2.82 bits per heavy atom. The molecule has 1 aliphatic carbocycles. The number of H-pyrrole nitrogens is 1. The lowest BCUT2D eigenvalue weighted by Gasteiger charge is -2.36.